The van der Waals surface area contributed by atoms with E-state index >= 15 is 0 Å². The Hall–Kier alpha value is -2.17. The molecule has 0 aliphatic carbocycles. The van der Waals surface area contributed by atoms with Gasteiger partial charge in [0.25, 0.3) is 0 Å². The van der Waals surface area contributed by atoms with Crippen LogP contribution < -0.4 is 16.0 Å². The van der Waals surface area contributed by atoms with Crippen LogP contribution in [0.5, 0.6) is 0 Å². The van der Waals surface area contributed by atoms with E-state index in [1.165, 1.54) is 24.2 Å². The number of hydrogen-bond donors (Lipinski definition) is 2. The number of aromatic nitrogens is 2. The fourth-order valence-corrected chi connectivity index (χ4v) is 2.59. The van der Waals surface area contributed by atoms with Crippen molar-refractivity contribution in [1.82, 2.24) is 9.78 Å². The van der Waals surface area contributed by atoms with Gasteiger partial charge in [-0.05, 0) is 43.5 Å². The minimum absolute atomic E-state index is 0.777. The lowest BCUT2D eigenvalue weighted by atomic mass is 10.1. The first-order chi connectivity index (χ1) is 9.65. The van der Waals surface area contributed by atoms with Gasteiger partial charge in [-0.15, -0.1) is 0 Å². The molecule has 3 N–H and O–H groups in total. The number of aryl methyl sites for hydroxylation is 1. The second-order valence-electron chi connectivity index (χ2n) is 5.46. The molecule has 2 heterocycles. The molecule has 0 fully saturated rings. The second-order valence-corrected chi connectivity index (χ2v) is 5.46. The Morgan fingerprint density at radius 2 is 1.95 bits per heavy atom. The number of nitrogens with zero attached hydrogens (tertiary/aromatic N) is 3. The van der Waals surface area contributed by atoms with Crippen LogP contribution in [0.15, 0.2) is 24.3 Å². The van der Waals surface area contributed by atoms with E-state index in [2.05, 4.69) is 27.4 Å². The van der Waals surface area contributed by atoms with Gasteiger partial charge in [-0.1, -0.05) is 0 Å². The number of rotatable bonds is 3. The minimum Gasteiger partial charge on any atom is -0.394 e. The van der Waals surface area contributed by atoms with Gasteiger partial charge in [-0.2, -0.15) is 5.10 Å². The molecule has 1 aromatic heterocycles. The maximum Gasteiger partial charge on any atom is 0.175 e. The molecule has 1 aliphatic heterocycles. The smallest absolute Gasteiger partial charge is 0.175 e. The SMILES string of the molecule is CN(C)c1ccc(Nc2nn3c(c2N)CCCC3)cc1. The van der Waals surface area contributed by atoms with Crippen molar-refractivity contribution in [3.63, 3.8) is 0 Å². The minimum atomic E-state index is 0.777. The number of nitrogens with one attached hydrogen (secondary N) is 1. The molecule has 2 aromatic rings. The Bertz CT molecular complexity index is 597. The van der Waals surface area contributed by atoms with Crippen LogP contribution in [0.2, 0.25) is 0 Å². The highest BCUT2D eigenvalue weighted by atomic mass is 15.3. The van der Waals surface area contributed by atoms with E-state index in [-0.39, 0.29) is 0 Å². The average molecular weight is 271 g/mol. The second kappa shape index (κ2) is 5.07. The van der Waals surface area contributed by atoms with E-state index in [0.717, 1.165) is 30.2 Å². The lowest BCUT2D eigenvalue weighted by molar-refractivity contribution is 0.488. The van der Waals surface area contributed by atoms with Gasteiger partial charge >= 0.3 is 0 Å². The van der Waals surface area contributed by atoms with Crippen molar-refractivity contribution in [3.05, 3.63) is 30.0 Å². The van der Waals surface area contributed by atoms with Gasteiger partial charge in [-0.3, -0.25) is 4.68 Å². The number of nitrogen functional groups attached to an aromatic ring is 1. The monoisotopic (exact) mass is 271 g/mol. The summed E-state index contributed by atoms with van der Waals surface area (Å²) in [5, 5.41) is 7.89. The van der Waals surface area contributed by atoms with Gasteiger partial charge in [0.2, 0.25) is 0 Å². The van der Waals surface area contributed by atoms with Gasteiger partial charge < -0.3 is 16.0 Å². The topological polar surface area (TPSA) is 59.1 Å². The molecule has 5 heteroatoms. The summed E-state index contributed by atoms with van der Waals surface area (Å²) in [6, 6.07) is 8.25. The van der Waals surface area contributed by atoms with Crippen LogP contribution in [0.4, 0.5) is 22.9 Å². The number of hydrogen-bond acceptors (Lipinski definition) is 4. The summed E-state index contributed by atoms with van der Waals surface area (Å²) in [5.74, 6) is 0.777. The van der Waals surface area contributed by atoms with E-state index in [4.69, 9.17) is 5.73 Å². The molecule has 5 nitrogen and oxygen atoms in total. The van der Waals surface area contributed by atoms with Crippen molar-refractivity contribution in [2.75, 3.05) is 30.0 Å². The zero-order chi connectivity index (χ0) is 14.1. The van der Waals surface area contributed by atoms with Crippen molar-refractivity contribution in [1.29, 1.82) is 0 Å². The summed E-state index contributed by atoms with van der Waals surface area (Å²) >= 11 is 0. The highest BCUT2D eigenvalue weighted by Crippen LogP contribution is 2.29. The van der Waals surface area contributed by atoms with Gasteiger partial charge in [-0.25, -0.2) is 0 Å². The molecule has 0 saturated heterocycles. The largest absolute Gasteiger partial charge is 0.394 e. The molecule has 0 saturated carbocycles. The maximum absolute atomic E-state index is 6.20. The predicted octanol–water partition coefficient (Wildman–Crippen LogP) is 2.61. The lowest BCUT2D eigenvalue weighted by Crippen LogP contribution is -2.11. The molecular weight excluding hydrogens is 250 g/mol. The van der Waals surface area contributed by atoms with Crippen LogP contribution in [0.25, 0.3) is 0 Å². The van der Waals surface area contributed by atoms with Crippen molar-refractivity contribution in [3.8, 4) is 0 Å². The molecule has 1 aliphatic rings. The first-order valence-electron chi connectivity index (χ1n) is 7.05. The van der Waals surface area contributed by atoms with Crippen LogP contribution in [-0.4, -0.2) is 23.9 Å². The van der Waals surface area contributed by atoms with Crippen LogP contribution >= 0.6 is 0 Å². The Morgan fingerprint density at radius 3 is 2.60 bits per heavy atom. The summed E-state index contributed by atoms with van der Waals surface area (Å²) in [6.45, 7) is 0.973. The Labute approximate surface area is 119 Å². The Morgan fingerprint density at radius 1 is 1.20 bits per heavy atom. The Kier molecular flexibility index (Phi) is 3.26. The maximum atomic E-state index is 6.20. The van der Waals surface area contributed by atoms with Gasteiger partial charge in [0.15, 0.2) is 5.82 Å². The molecular formula is C15H21N5. The van der Waals surface area contributed by atoms with E-state index in [0.29, 0.717) is 0 Å². The number of benzene rings is 1. The molecule has 1 aromatic carbocycles. The highest BCUT2D eigenvalue weighted by molar-refractivity contribution is 5.71. The Balaban J connectivity index is 1.82. The first-order valence-corrected chi connectivity index (χ1v) is 7.05. The van der Waals surface area contributed by atoms with Crippen LogP contribution in [0.3, 0.4) is 0 Å². The zero-order valence-electron chi connectivity index (χ0n) is 12.1. The molecule has 3 rings (SSSR count). The van der Waals surface area contributed by atoms with Gasteiger partial charge in [0.1, 0.15) is 0 Å². The summed E-state index contributed by atoms with van der Waals surface area (Å²) < 4.78 is 2.04. The summed E-state index contributed by atoms with van der Waals surface area (Å²) in [4.78, 5) is 2.08. The lowest BCUT2D eigenvalue weighted by Gasteiger charge is -2.13. The van der Waals surface area contributed by atoms with E-state index < -0.39 is 0 Å². The predicted molar refractivity (Wildman–Crippen MR) is 83.6 cm³/mol. The average Bonchev–Trinajstić information content (AvgIpc) is 2.77. The van der Waals surface area contributed by atoms with Crippen LogP contribution in [0, 0.1) is 0 Å². The fraction of sp³-hybridized carbons (Fsp3) is 0.400. The van der Waals surface area contributed by atoms with Gasteiger partial charge in [0.05, 0.1) is 11.4 Å². The number of fused-ring (bicyclic) bond motifs is 1. The van der Waals surface area contributed by atoms with Gasteiger partial charge in [0, 0.05) is 32.0 Å². The molecule has 0 spiro atoms. The van der Waals surface area contributed by atoms with Crippen molar-refractivity contribution in [2.45, 2.75) is 25.8 Å². The van der Waals surface area contributed by atoms with E-state index in [9.17, 15) is 0 Å². The summed E-state index contributed by atoms with van der Waals surface area (Å²) in [5.41, 5.74) is 10.3. The summed E-state index contributed by atoms with van der Waals surface area (Å²) in [7, 11) is 4.06. The molecule has 0 atom stereocenters. The zero-order valence-corrected chi connectivity index (χ0v) is 12.1. The van der Waals surface area contributed by atoms with Crippen molar-refractivity contribution in [2.24, 2.45) is 0 Å². The van der Waals surface area contributed by atoms with Crippen LogP contribution in [-0.2, 0) is 13.0 Å². The molecule has 0 radical (unpaired) electrons. The summed E-state index contributed by atoms with van der Waals surface area (Å²) in [6.07, 6.45) is 3.41. The van der Waals surface area contributed by atoms with E-state index in [1.807, 2.05) is 30.9 Å². The quantitative estimate of drug-likeness (QED) is 0.901. The number of nitrogens with two attached hydrogens (primary N) is 1. The third-order valence-corrected chi connectivity index (χ3v) is 3.78. The molecule has 0 bridgehead atoms. The first kappa shape index (κ1) is 12.8. The molecule has 0 unspecified atom stereocenters. The molecule has 106 valence electrons. The fourth-order valence-electron chi connectivity index (χ4n) is 2.59. The van der Waals surface area contributed by atoms with Crippen LogP contribution in [0.1, 0.15) is 18.5 Å². The normalized spacial score (nSPS) is 13.9. The highest BCUT2D eigenvalue weighted by Gasteiger charge is 2.18. The van der Waals surface area contributed by atoms with Crippen molar-refractivity contribution < 1.29 is 0 Å². The third kappa shape index (κ3) is 2.31. The molecule has 20 heavy (non-hydrogen) atoms. The number of anilines is 4. The van der Waals surface area contributed by atoms with Crippen molar-refractivity contribution >= 4 is 22.9 Å². The molecule has 0 amide bonds. The van der Waals surface area contributed by atoms with E-state index in [1.54, 1.807) is 0 Å². The third-order valence-electron chi connectivity index (χ3n) is 3.78. The standard InChI is InChI=1S/C15H21N5/c1-19(2)12-8-6-11(7-9-12)17-15-14(16)13-5-3-4-10-20(13)18-15/h6-9H,3-5,10,16H2,1-2H3,(H,17,18).